The second-order valence-corrected chi connectivity index (χ2v) is 5.36. The standard InChI is InChI=1S/C7Cl4F5NS/c8-1-2(9)4(11)17-5(3(1)10)18-7(15,16)6(12,13)14. The van der Waals surface area contributed by atoms with Crippen LogP contribution in [0.1, 0.15) is 0 Å². The van der Waals surface area contributed by atoms with E-state index in [4.69, 9.17) is 46.4 Å². The molecule has 102 valence electrons. The van der Waals surface area contributed by atoms with Crippen molar-refractivity contribution in [2.75, 3.05) is 0 Å². The largest absolute Gasteiger partial charge is 0.464 e. The molecular formula is C7Cl4F5NS. The van der Waals surface area contributed by atoms with Gasteiger partial charge >= 0.3 is 11.4 Å². The molecular weight excluding hydrogens is 367 g/mol. The predicted octanol–water partition coefficient (Wildman–Crippen LogP) is 5.94. The molecule has 0 amide bonds. The molecule has 0 fully saturated rings. The summed E-state index contributed by atoms with van der Waals surface area (Å²) in [6.45, 7) is 0. The van der Waals surface area contributed by atoms with Gasteiger partial charge in [-0.25, -0.2) is 4.98 Å². The van der Waals surface area contributed by atoms with Crippen molar-refractivity contribution in [1.29, 1.82) is 0 Å². The maximum atomic E-state index is 12.8. The zero-order valence-electron chi connectivity index (χ0n) is 7.76. The van der Waals surface area contributed by atoms with Gasteiger partial charge in [-0.3, -0.25) is 0 Å². The van der Waals surface area contributed by atoms with Crippen molar-refractivity contribution in [3.8, 4) is 0 Å². The van der Waals surface area contributed by atoms with E-state index >= 15 is 0 Å². The van der Waals surface area contributed by atoms with E-state index in [0.717, 1.165) is 0 Å². The highest BCUT2D eigenvalue weighted by Crippen LogP contribution is 2.50. The number of aromatic nitrogens is 1. The lowest BCUT2D eigenvalue weighted by atomic mass is 10.5. The van der Waals surface area contributed by atoms with Crippen LogP contribution < -0.4 is 0 Å². The van der Waals surface area contributed by atoms with Gasteiger partial charge in [0.25, 0.3) is 0 Å². The Labute approximate surface area is 122 Å². The fourth-order valence-corrected chi connectivity index (χ4v) is 2.35. The van der Waals surface area contributed by atoms with Crippen LogP contribution in [0, 0.1) is 0 Å². The Kier molecular flexibility index (Phi) is 4.87. The molecule has 1 rings (SSSR count). The first-order chi connectivity index (χ1) is 7.97. The van der Waals surface area contributed by atoms with E-state index in [1.54, 1.807) is 0 Å². The number of pyridine rings is 1. The molecule has 0 aliphatic rings. The summed E-state index contributed by atoms with van der Waals surface area (Å²) in [5.41, 5.74) is 0. The summed E-state index contributed by atoms with van der Waals surface area (Å²) in [7, 11) is 0. The van der Waals surface area contributed by atoms with Crippen LogP contribution in [-0.4, -0.2) is 16.4 Å². The minimum atomic E-state index is -5.76. The third-order valence-electron chi connectivity index (χ3n) is 1.51. The van der Waals surface area contributed by atoms with Gasteiger partial charge in [-0.2, -0.15) is 22.0 Å². The van der Waals surface area contributed by atoms with Gasteiger partial charge in [-0.15, -0.1) is 0 Å². The van der Waals surface area contributed by atoms with Crippen molar-refractivity contribution < 1.29 is 22.0 Å². The smallest absolute Gasteiger partial charge is 0.226 e. The minimum absolute atomic E-state index is 0.331. The summed E-state index contributed by atoms with van der Waals surface area (Å²) in [6, 6.07) is 0. The number of rotatable bonds is 2. The van der Waals surface area contributed by atoms with E-state index in [2.05, 4.69) is 4.98 Å². The maximum Gasteiger partial charge on any atom is 0.464 e. The SMILES string of the molecule is FC(F)(F)C(F)(F)Sc1nc(Cl)c(Cl)c(Cl)c1Cl. The Morgan fingerprint density at radius 2 is 1.33 bits per heavy atom. The summed E-state index contributed by atoms with van der Waals surface area (Å²) < 4.78 is 61.6. The molecule has 11 heteroatoms. The van der Waals surface area contributed by atoms with E-state index in [0.29, 0.717) is 0 Å². The molecule has 0 atom stereocenters. The highest BCUT2D eigenvalue weighted by Gasteiger charge is 2.59. The highest BCUT2D eigenvalue weighted by atomic mass is 35.5. The van der Waals surface area contributed by atoms with Gasteiger partial charge in [0, 0.05) is 0 Å². The van der Waals surface area contributed by atoms with E-state index in [9.17, 15) is 22.0 Å². The fourth-order valence-electron chi connectivity index (χ4n) is 0.715. The second-order valence-electron chi connectivity index (χ2n) is 2.77. The van der Waals surface area contributed by atoms with Crippen LogP contribution in [0.5, 0.6) is 0 Å². The summed E-state index contributed by atoms with van der Waals surface area (Å²) >= 11 is 21.0. The van der Waals surface area contributed by atoms with E-state index in [1.807, 2.05) is 0 Å². The van der Waals surface area contributed by atoms with Crippen LogP contribution in [0.2, 0.25) is 20.2 Å². The monoisotopic (exact) mass is 365 g/mol. The molecule has 1 heterocycles. The first-order valence-electron chi connectivity index (χ1n) is 3.81. The fraction of sp³-hybridized carbons (Fsp3) is 0.286. The molecule has 0 unspecified atom stereocenters. The van der Waals surface area contributed by atoms with Crippen molar-refractivity contribution in [2.45, 2.75) is 16.5 Å². The summed E-state index contributed by atoms with van der Waals surface area (Å²) in [5, 5.41) is -7.86. The van der Waals surface area contributed by atoms with E-state index < -0.39 is 43.4 Å². The summed E-state index contributed by atoms with van der Waals surface area (Å²) in [5.74, 6) is 0. The third kappa shape index (κ3) is 3.25. The molecule has 0 aromatic carbocycles. The quantitative estimate of drug-likeness (QED) is 0.365. The highest BCUT2D eigenvalue weighted by molar-refractivity contribution is 8.00. The molecule has 0 saturated heterocycles. The number of thioether (sulfide) groups is 1. The Morgan fingerprint density at radius 3 is 1.78 bits per heavy atom. The minimum Gasteiger partial charge on any atom is -0.226 e. The normalized spacial score (nSPS) is 12.9. The number of alkyl halides is 5. The number of halogens is 9. The predicted molar refractivity (Wildman–Crippen MR) is 61.1 cm³/mol. The first-order valence-corrected chi connectivity index (χ1v) is 6.13. The molecule has 0 aliphatic heterocycles. The molecule has 1 aromatic rings. The lowest BCUT2D eigenvalue weighted by molar-refractivity contribution is -0.237. The Hall–Kier alpha value is 0.310. The molecule has 0 spiro atoms. The lowest BCUT2D eigenvalue weighted by Gasteiger charge is -2.19. The van der Waals surface area contributed by atoms with Crippen molar-refractivity contribution in [3.63, 3.8) is 0 Å². The molecule has 0 aliphatic carbocycles. The molecule has 0 radical (unpaired) electrons. The topological polar surface area (TPSA) is 12.9 Å². The van der Waals surface area contributed by atoms with Gasteiger partial charge in [0.1, 0.15) is 5.03 Å². The first kappa shape index (κ1) is 16.4. The second kappa shape index (κ2) is 5.36. The van der Waals surface area contributed by atoms with Crippen LogP contribution in [0.15, 0.2) is 5.03 Å². The molecule has 1 nitrogen and oxygen atoms in total. The van der Waals surface area contributed by atoms with Gasteiger partial charge in [-0.05, 0) is 11.8 Å². The zero-order valence-corrected chi connectivity index (χ0v) is 11.6. The van der Waals surface area contributed by atoms with Crippen molar-refractivity contribution in [1.82, 2.24) is 4.98 Å². The number of hydrogen-bond donors (Lipinski definition) is 0. The summed E-state index contributed by atoms with van der Waals surface area (Å²) in [6.07, 6.45) is -5.76. The molecule has 0 saturated carbocycles. The van der Waals surface area contributed by atoms with Crippen molar-refractivity contribution in [3.05, 3.63) is 20.2 Å². The average Bonchev–Trinajstić information content (AvgIpc) is 2.21. The van der Waals surface area contributed by atoms with Gasteiger partial charge < -0.3 is 0 Å². The van der Waals surface area contributed by atoms with Gasteiger partial charge in [0.15, 0.2) is 5.15 Å². The van der Waals surface area contributed by atoms with Crippen LogP contribution in [-0.2, 0) is 0 Å². The summed E-state index contributed by atoms with van der Waals surface area (Å²) in [4.78, 5) is 3.23. The lowest BCUT2D eigenvalue weighted by Crippen LogP contribution is -2.32. The van der Waals surface area contributed by atoms with Crippen LogP contribution in [0.3, 0.4) is 0 Å². The molecule has 0 bridgehead atoms. The van der Waals surface area contributed by atoms with E-state index in [-0.39, 0.29) is 5.02 Å². The van der Waals surface area contributed by atoms with Crippen LogP contribution in [0.25, 0.3) is 0 Å². The van der Waals surface area contributed by atoms with Crippen LogP contribution >= 0.6 is 58.2 Å². The van der Waals surface area contributed by atoms with Crippen molar-refractivity contribution >= 4 is 58.2 Å². The maximum absolute atomic E-state index is 12.8. The molecule has 18 heavy (non-hydrogen) atoms. The Bertz CT molecular complexity index is 478. The van der Waals surface area contributed by atoms with Gasteiger partial charge in [0.05, 0.1) is 15.1 Å². The number of nitrogens with zero attached hydrogens (tertiary/aromatic N) is 1. The number of hydrogen-bond acceptors (Lipinski definition) is 2. The molecule has 0 N–H and O–H groups in total. The van der Waals surface area contributed by atoms with Crippen LogP contribution in [0.4, 0.5) is 22.0 Å². The Balaban J connectivity index is 3.22. The molecule has 1 aromatic heterocycles. The van der Waals surface area contributed by atoms with E-state index in [1.165, 1.54) is 0 Å². The third-order valence-corrected chi connectivity index (χ3v) is 4.28. The Morgan fingerprint density at radius 1 is 0.833 bits per heavy atom. The van der Waals surface area contributed by atoms with Crippen molar-refractivity contribution in [2.24, 2.45) is 0 Å². The average molecular weight is 367 g/mol. The van der Waals surface area contributed by atoms with Gasteiger partial charge in [-0.1, -0.05) is 46.4 Å². The van der Waals surface area contributed by atoms with Gasteiger partial charge in [0.2, 0.25) is 0 Å². The zero-order chi connectivity index (χ0) is 14.3.